The van der Waals surface area contributed by atoms with Crippen molar-refractivity contribution in [1.82, 2.24) is 19.4 Å². The van der Waals surface area contributed by atoms with Crippen LogP contribution in [0.4, 0.5) is 10.5 Å². The van der Waals surface area contributed by atoms with Crippen molar-refractivity contribution >= 4 is 11.7 Å². The number of hydrogen-bond acceptors (Lipinski definition) is 4. The van der Waals surface area contributed by atoms with Crippen molar-refractivity contribution in [3.63, 3.8) is 0 Å². The Hall–Kier alpha value is -2.41. The Morgan fingerprint density at radius 2 is 2.25 bits per heavy atom. The van der Waals surface area contributed by atoms with Gasteiger partial charge in [0, 0.05) is 56.0 Å². The highest BCUT2D eigenvalue weighted by molar-refractivity contribution is 5.89. The summed E-state index contributed by atoms with van der Waals surface area (Å²) >= 11 is 0. The van der Waals surface area contributed by atoms with Crippen molar-refractivity contribution in [1.29, 1.82) is 0 Å². The lowest BCUT2D eigenvalue weighted by Crippen LogP contribution is -2.44. The summed E-state index contributed by atoms with van der Waals surface area (Å²) < 4.78 is 1.82. The van der Waals surface area contributed by atoms with Crippen molar-refractivity contribution in [3.8, 4) is 0 Å². The minimum atomic E-state index is -0.663. The largest absolute Gasteiger partial charge is 0.385 e. The number of aliphatic hydroxyl groups is 1. The van der Waals surface area contributed by atoms with Crippen molar-refractivity contribution in [2.45, 2.75) is 25.9 Å². The lowest BCUT2D eigenvalue weighted by Gasteiger charge is -2.34. The van der Waals surface area contributed by atoms with Crippen LogP contribution in [0.1, 0.15) is 30.5 Å². The van der Waals surface area contributed by atoms with E-state index in [1.165, 1.54) is 0 Å². The summed E-state index contributed by atoms with van der Waals surface area (Å²) in [5.41, 5.74) is 1.59. The van der Waals surface area contributed by atoms with Crippen molar-refractivity contribution in [2.24, 2.45) is 13.0 Å². The molecule has 3 rings (SSSR count). The zero-order valence-electron chi connectivity index (χ0n) is 14.0. The number of hydrogen-bond donors (Lipinski definition) is 2. The van der Waals surface area contributed by atoms with Gasteiger partial charge in [0.2, 0.25) is 0 Å². The third-order valence-corrected chi connectivity index (χ3v) is 4.46. The molecule has 0 bridgehead atoms. The Kier molecular flexibility index (Phi) is 4.80. The Labute approximate surface area is 141 Å². The van der Waals surface area contributed by atoms with Crippen molar-refractivity contribution in [2.75, 3.05) is 18.4 Å². The fourth-order valence-corrected chi connectivity index (χ4v) is 3.15. The Morgan fingerprint density at radius 3 is 2.96 bits per heavy atom. The molecule has 1 aliphatic rings. The van der Waals surface area contributed by atoms with Crippen LogP contribution in [0.2, 0.25) is 0 Å². The maximum absolute atomic E-state index is 12.5. The number of anilines is 1. The summed E-state index contributed by atoms with van der Waals surface area (Å²) in [6.45, 7) is 3.10. The van der Waals surface area contributed by atoms with Gasteiger partial charge in [-0.1, -0.05) is 0 Å². The smallest absolute Gasteiger partial charge is 0.321 e. The summed E-state index contributed by atoms with van der Waals surface area (Å²) in [7, 11) is 1.87. The van der Waals surface area contributed by atoms with E-state index in [-0.39, 0.29) is 11.9 Å². The first-order chi connectivity index (χ1) is 11.5. The number of carbonyl (C=O) groups excluding carboxylic acids is 1. The predicted octanol–water partition coefficient (Wildman–Crippen LogP) is 2.10. The van der Waals surface area contributed by atoms with Gasteiger partial charge in [0.1, 0.15) is 11.9 Å². The summed E-state index contributed by atoms with van der Waals surface area (Å²) in [6.07, 6.45) is 6.26. The molecule has 2 atom stereocenters. The maximum Gasteiger partial charge on any atom is 0.321 e. The molecular formula is C17H23N5O2. The third kappa shape index (κ3) is 3.56. The number of aryl methyl sites for hydroxylation is 2. The second-order valence-electron chi connectivity index (χ2n) is 6.31. The SMILES string of the molecule is Cc1cc(NC(=O)N2CCCC(C(O)c3nccn3C)C2)ccn1. The number of nitrogens with zero attached hydrogens (tertiary/aromatic N) is 4. The van der Waals surface area contributed by atoms with Gasteiger partial charge >= 0.3 is 6.03 Å². The van der Waals surface area contributed by atoms with Crippen LogP contribution < -0.4 is 5.32 Å². The van der Waals surface area contributed by atoms with E-state index < -0.39 is 6.10 Å². The number of amides is 2. The first kappa shape index (κ1) is 16.4. The molecule has 0 saturated carbocycles. The average molecular weight is 329 g/mol. The van der Waals surface area contributed by atoms with E-state index in [1.807, 2.05) is 30.8 Å². The van der Waals surface area contributed by atoms with Crippen LogP contribution in [-0.4, -0.2) is 43.7 Å². The van der Waals surface area contributed by atoms with E-state index in [0.29, 0.717) is 18.9 Å². The van der Waals surface area contributed by atoms with Gasteiger partial charge in [-0.05, 0) is 31.9 Å². The van der Waals surface area contributed by atoms with E-state index >= 15 is 0 Å². The van der Waals surface area contributed by atoms with E-state index in [2.05, 4.69) is 15.3 Å². The number of imidazole rings is 1. The van der Waals surface area contributed by atoms with Gasteiger partial charge in [0.25, 0.3) is 0 Å². The van der Waals surface area contributed by atoms with Gasteiger partial charge in [0.15, 0.2) is 0 Å². The lowest BCUT2D eigenvalue weighted by molar-refractivity contribution is 0.0552. The molecule has 2 aromatic rings. The molecule has 0 radical (unpaired) electrons. The lowest BCUT2D eigenvalue weighted by atomic mass is 9.92. The molecule has 7 heteroatoms. The number of aromatic nitrogens is 3. The molecule has 2 aromatic heterocycles. The van der Waals surface area contributed by atoms with E-state index in [0.717, 1.165) is 24.2 Å². The van der Waals surface area contributed by atoms with Crippen LogP contribution in [0.5, 0.6) is 0 Å². The van der Waals surface area contributed by atoms with Gasteiger partial charge in [-0.25, -0.2) is 9.78 Å². The predicted molar refractivity (Wildman–Crippen MR) is 90.5 cm³/mol. The van der Waals surface area contributed by atoms with Crippen LogP contribution in [0.3, 0.4) is 0 Å². The number of aliphatic hydroxyl groups excluding tert-OH is 1. The first-order valence-electron chi connectivity index (χ1n) is 8.18. The molecule has 1 fully saturated rings. The fourth-order valence-electron chi connectivity index (χ4n) is 3.15. The maximum atomic E-state index is 12.5. The molecule has 2 amide bonds. The van der Waals surface area contributed by atoms with Crippen molar-refractivity contribution in [3.05, 3.63) is 42.2 Å². The standard InChI is InChI=1S/C17H23N5O2/c1-12-10-14(5-6-18-12)20-17(24)22-8-3-4-13(11-22)15(23)16-19-7-9-21(16)2/h5-7,9-10,13,15,23H,3-4,8,11H2,1-2H3,(H,18,20,24). The average Bonchev–Trinajstić information content (AvgIpc) is 3.00. The summed E-state index contributed by atoms with van der Waals surface area (Å²) in [4.78, 5) is 22.6. The number of piperidine rings is 1. The zero-order chi connectivity index (χ0) is 17.1. The van der Waals surface area contributed by atoms with Crippen LogP contribution in [-0.2, 0) is 7.05 Å². The molecule has 0 aromatic carbocycles. The number of rotatable bonds is 3. The molecule has 128 valence electrons. The summed E-state index contributed by atoms with van der Waals surface area (Å²) in [5, 5.41) is 13.5. The van der Waals surface area contributed by atoms with Crippen LogP contribution in [0.25, 0.3) is 0 Å². The van der Waals surface area contributed by atoms with E-state index in [9.17, 15) is 9.90 Å². The van der Waals surface area contributed by atoms with E-state index in [4.69, 9.17) is 0 Å². The monoisotopic (exact) mass is 329 g/mol. The van der Waals surface area contributed by atoms with Gasteiger partial charge in [-0.3, -0.25) is 4.98 Å². The highest BCUT2D eigenvalue weighted by Gasteiger charge is 2.31. The van der Waals surface area contributed by atoms with E-state index in [1.54, 1.807) is 23.4 Å². The molecular weight excluding hydrogens is 306 g/mol. The number of carbonyl (C=O) groups is 1. The number of likely N-dealkylation sites (tertiary alicyclic amines) is 1. The van der Waals surface area contributed by atoms with Crippen LogP contribution in [0, 0.1) is 12.8 Å². The van der Waals surface area contributed by atoms with Crippen LogP contribution >= 0.6 is 0 Å². The molecule has 2 N–H and O–H groups in total. The molecule has 7 nitrogen and oxygen atoms in total. The van der Waals surface area contributed by atoms with Crippen molar-refractivity contribution < 1.29 is 9.90 Å². The molecule has 3 heterocycles. The molecule has 0 spiro atoms. The quantitative estimate of drug-likeness (QED) is 0.903. The molecule has 2 unspecified atom stereocenters. The molecule has 1 saturated heterocycles. The third-order valence-electron chi connectivity index (χ3n) is 4.46. The summed E-state index contributed by atoms with van der Waals surface area (Å²) in [6, 6.07) is 3.47. The van der Waals surface area contributed by atoms with Gasteiger partial charge in [0.05, 0.1) is 0 Å². The van der Waals surface area contributed by atoms with Crippen LogP contribution in [0.15, 0.2) is 30.7 Å². The highest BCUT2D eigenvalue weighted by atomic mass is 16.3. The second kappa shape index (κ2) is 7.00. The highest BCUT2D eigenvalue weighted by Crippen LogP contribution is 2.29. The Morgan fingerprint density at radius 1 is 1.42 bits per heavy atom. The number of pyridine rings is 1. The molecule has 1 aliphatic heterocycles. The molecule has 0 aliphatic carbocycles. The van der Waals surface area contributed by atoms with Gasteiger partial charge in [-0.2, -0.15) is 0 Å². The summed E-state index contributed by atoms with van der Waals surface area (Å²) in [5.74, 6) is 0.636. The van der Waals surface area contributed by atoms with Gasteiger partial charge in [-0.15, -0.1) is 0 Å². The zero-order valence-corrected chi connectivity index (χ0v) is 14.0. The molecule has 24 heavy (non-hydrogen) atoms. The number of nitrogens with one attached hydrogen (secondary N) is 1. The topological polar surface area (TPSA) is 83.3 Å². The Bertz CT molecular complexity index is 715. The van der Waals surface area contributed by atoms with Gasteiger partial charge < -0.3 is 19.9 Å². The minimum absolute atomic E-state index is 0.00947. The number of urea groups is 1. The second-order valence-corrected chi connectivity index (χ2v) is 6.31. The fraction of sp³-hybridized carbons (Fsp3) is 0.471. The first-order valence-corrected chi connectivity index (χ1v) is 8.18. The normalized spacial score (nSPS) is 19.1. The Balaban J connectivity index is 1.64. The minimum Gasteiger partial charge on any atom is -0.385 e.